The molecule has 9 heteroatoms. The predicted octanol–water partition coefficient (Wildman–Crippen LogP) is 9.47. The minimum atomic E-state index is -3.84. The van der Waals surface area contributed by atoms with E-state index in [1.54, 1.807) is 6.08 Å². The molecule has 6 atom stereocenters. The Hall–Kier alpha value is -4.21. The van der Waals surface area contributed by atoms with Crippen LogP contribution >= 0.6 is 7.60 Å². The zero-order chi connectivity index (χ0) is 36.6. The molecular weight excluding hydrogens is 687 g/mol. The molecule has 2 unspecified atom stereocenters. The molecule has 0 spiro atoms. The minimum Gasteiger partial charge on any atom is -0.374 e. The molecule has 6 rings (SSSR count). The molecule has 1 fully saturated rings. The Morgan fingerprint density at radius 1 is 0.547 bits per heavy atom. The van der Waals surface area contributed by atoms with E-state index in [-0.39, 0.29) is 39.2 Å². The lowest BCUT2D eigenvalue weighted by molar-refractivity contribution is -0.199. The Morgan fingerprint density at radius 2 is 0.981 bits per heavy atom. The van der Waals surface area contributed by atoms with E-state index in [1.807, 2.05) is 152 Å². The van der Waals surface area contributed by atoms with Gasteiger partial charge in [0.15, 0.2) is 6.29 Å². The molecule has 53 heavy (non-hydrogen) atoms. The van der Waals surface area contributed by atoms with E-state index in [1.165, 1.54) is 0 Å². The fourth-order valence-electron chi connectivity index (χ4n) is 6.06. The highest BCUT2D eigenvalue weighted by Gasteiger charge is 2.47. The van der Waals surface area contributed by atoms with Gasteiger partial charge in [-0.3, -0.25) is 4.57 Å². The molecule has 0 aliphatic carbocycles. The maximum Gasteiger partial charge on any atom is 0.334 e. The first kappa shape index (κ1) is 38.5. The zero-order valence-corrected chi connectivity index (χ0v) is 30.7. The number of benzene rings is 5. The average Bonchev–Trinajstić information content (AvgIpc) is 3.35. The van der Waals surface area contributed by atoms with Crippen LogP contribution in [0.5, 0.6) is 0 Å². The van der Waals surface area contributed by atoms with Crippen LogP contribution in [0.15, 0.2) is 164 Å². The summed E-state index contributed by atoms with van der Waals surface area (Å²) >= 11 is 0. The van der Waals surface area contributed by atoms with Gasteiger partial charge in [0.1, 0.15) is 24.4 Å². The van der Waals surface area contributed by atoms with Gasteiger partial charge >= 0.3 is 7.60 Å². The van der Waals surface area contributed by atoms with Crippen molar-refractivity contribution in [3.05, 3.63) is 192 Å². The molecule has 0 saturated carbocycles. The lowest BCUT2D eigenvalue weighted by Crippen LogP contribution is -2.49. The molecule has 1 saturated heterocycles. The molecule has 0 amide bonds. The van der Waals surface area contributed by atoms with E-state index in [9.17, 15) is 4.57 Å². The van der Waals surface area contributed by atoms with Crippen molar-refractivity contribution in [2.24, 2.45) is 0 Å². The Balaban J connectivity index is 1.37. The van der Waals surface area contributed by atoms with E-state index in [4.69, 9.17) is 32.7 Å². The van der Waals surface area contributed by atoms with Crippen LogP contribution < -0.4 is 0 Å². The topological polar surface area (TPSA) is 81.7 Å². The summed E-state index contributed by atoms with van der Waals surface area (Å²) in [6.07, 6.45) is -2.50. The Bertz CT molecular complexity index is 1810. The van der Waals surface area contributed by atoms with Gasteiger partial charge in [0, 0.05) is 5.56 Å². The van der Waals surface area contributed by atoms with Gasteiger partial charge in [-0.15, -0.1) is 6.58 Å². The summed E-state index contributed by atoms with van der Waals surface area (Å²) in [5.41, 5.74) is 4.61. The van der Waals surface area contributed by atoms with Crippen molar-refractivity contribution in [1.82, 2.24) is 0 Å². The molecule has 1 heterocycles. The number of hydrogen-bond acceptors (Lipinski definition) is 8. The van der Waals surface area contributed by atoms with Gasteiger partial charge in [-0.25, -0.2) is 0 Å². The number of hydrogen-bond donors (Lipinski definition) is 0. The highest BCUT2D eigenvalue weighted by Crippen LogP contribution is 2.51. The molecule has 0 bridgehead atoms. The average molecular weight is 735 g/mol. The standard InChI is InChI=1S/C44H47O8P/c1-2-28-49-53(45,50-32-38-24-14-6-15-25-38)34-41-43(48-31-37-22-12-5-13-23-37)42(47-30-36-20-10-4-11-21-36)40(33-46-29-35-18-8-3-9-19-35)51-44(52-41)39-26-16-7-17-27-39/h2-27,40-44H,1,28-34H2/t40-,41+,42+,43+,44?,53?/m0/s1. The van der Waals surface area contributed by atoms with Gasteiger partial charge in [-0.2, -0.15) is 0 Å². The normalized spacial score (nSPS) is 21.3. The highest BCUT2D eigenvalue weighted by atomic mass is 31.2. The van der Waals surface area contributed by atoms with Crippen LogP contribution in [-0.2, 0) is 63.7 Å². The molecule has 5 aromatic rings. The van der Waals surface area contributed by atoms with Gasteiger partial charge in [0.25, 0.3) is 0 Å². The largest absolute Gasteiger partial charge is 0.374 e. The van der Waals surface area contributed by atoms with E-state index in [2.05, 4.69) is 6.58 Å². The fraction of sp³-hybridized carbons (Fsp3) is 0.273. The van der Waals surface area contributed by atoms with Crippen LogP contribution in [0.3, 0.4) is 0 Å². The lowest BCUT2D eigenvalue weighted by Gasteiger charge is -2.34. The first-order valence-corrected chi connectivity index (χ1v) is 19.6. The fourth-order valence-corrected chi connectivity index (χ4v) is 7.76. The quantitative estimate of drug-likeness (QED) is 0.0613. The van der Waals surface area contributed by atoms with Crippen molar-refractivity contribution >= 4 is 7.60 Å². The minimum absolute atomic E-state index is 0.0246. The second-order valence-electron chi connectivity index (χ2n) is 12.8. The second-order valence-corrected chi connectivity index (χ2v) is 14.9. The summed E-state index contributed by atoms with van der Waals surface area (Å²) in [6.45, 7) is 4.96. The first-order valence-electron chi connectivity index (χ1n) is 17.9. The Morgan fingerprint density at radius 3 is 1.49 bits per heavy atom. The molecular formula is C44H47O8P. The van der Waals surface area contributed by atoms with Crippen LogP contribution in [0, 0.1) is 0 Å². The summed E-state index contributed by atoms with van der Waals surface area (Å²) < 4.78 is 60.5. The molecule has 0 N–H and O–H groups in total. The van der Waals surface area contributed by atoms with Crippen LogP contribution in [-0.4, -0.2) is 43.8 Å². The van der Waals surface area contributed by atoms with Gasteiger partial charge in [-0.1, -0.05) is 158 Å². The molecule has 1 aliphatic heterocycles. The van der Waals surface area contributed by atoms with Crippen LogP contribution in [0.25, 0.3) is 0 Å². The smallest absolute Gasteiger partial charge is 0.334 e. The highest BCUT2D eigenvalue weighted by molar-refractivity contribution is 7.53. The van der Waals surface area contributed by atoms with Crippen molar-refractivity contribution < 1.29 is 37.3 Å². The van der Waals surface area contributed by atoms with E-state index >= 15 is 0 Å². The zero-order valence-electron chi connectivity index (χ0n) is 29.8. The van der Waals surface area contributed by atoms with E-state index < -0.39 is 38.3 Å². The van der Waals surface area contributed by atoms with Crippen molar-refractivity contribution in [3.8, 4) is 0 Å². The summed E-state index contributed by atoms with van der Waals surface area (Å²) in [6, 6.07) is 49.0. The maximum absolute atomic E-state index is 14.8. The maximum atomic E-state index is 14.8. The third-order valence-electron chi connectivity index (χ3n) is 8.75. The summed E-state index contributed by atoms with van der Waals surface area (Å²) in [5, 5.41) is 0. The van der Waals surface area contributed by atoms with E-state index in [0.29, 0.717) is 6.61 Å². The van der Waals surface area contributed by atoms with Crippen LogP contribution in [0.4, 0.5) is 0 Å². The van der Waals surface area contributed by atoms with Gasteiger partial charge in [-0.05, 0) is 22.3 Å². The Kier molecular flexibility index (Phi) is 14.8. The van der Waals surface area contributed by atoms with Crippen molar-refractivity contribution in [2.45, 2.75) is 57.1 Å². The van der Waals surface area contributed by atoms with Gasteiger partial charge in [0.2, 0.25) is 0 Å². The predicted molar refractivity (Wildman–Crippen MR) is 205 cm³/mol. The molecule has 0 aromatic heterocycles. The third kappa shape index (κ3) is 11.9. The van der Waals surface area contributed by atoms with Crippen LogP contribution in [0.1, 0.15) is 34.1 Å². The number of rotatable bonds is 19. The second kappa shape index (κ2) is 20.3. The van der Waals surface area contributed by atoms with Crippen molar-refractivity contribution in [3.63, 3.8) is 0 Å². The molecule has 1 aliphatic rings. The third-order valence-corrected chi connectivity index (χ3v) is 10.6. The van der Waals surface area contributed by atoms with Crippen molar-refractivity contribution in [1.29, 1.82) is 0 Å². The Labute approximate surface area is 312 Å². The number of ether oxygens (including phenoxy) is 5. The van der Waals surface area contributed by atoms with Crippen LogP contribution in [0.2, 0.25) is 0 Å². The molecule has 276 valence electrons. The molecule has 8 nitrogen and oxygen atoms in total. The van der Waals surface area contributed by atoms with Crippen molar-refractivity contribution in [2.75, 3.05) is 19.4 Å². The first-order chi connectivity index (χ1) is 26.1. The SMILES string of the molecule is C=CCOP(=O)(C[C@H]1OC(c2ccccc2)O[C@@H](COCc2ccccc2)[C@@H](OCc2ccccc2)[C@@H]1OCc1ccccc1)OCc1ccccc1. The van der Waals surface area contributed by atoms with Gasteiger partial charge < -0.3 is 32.7 Å². The summed E-state index contributed by atoms with van der Waals surface area (Å²) in [5.74, 6) is 0. The lowest BCUT2D eigenvalue weighted by atomic mass is 10.0. The van der Waals surface area contributed by atoms with E-state index in [0.717, 1.165) is 27.8 Å². The molecule has 5 aromatic carbocycles. The molecule has 0 radical (unpaired) electrons. The van der Waals surface area contributed by atoms with Gasteiger partial charge in [0.05, 0.1) is 45.8 Å². The summed E-state index contributed by atoms with van der Waals surface area (Å²) in [7, 11) is -3.84. The summed E-state index contributed by atoms with van der Waals surface area (Å²) in [4.78, 5) is 0. The monoisotopic (exact) mass is 734 g/mol.